The van der Waals surface area contributed by atoms with Gasteiger partial charge in [0.15, 0.2) is 0 Å². The third kappa shape index (κ3) is 21.2. The molecule has 0 saturated heterocycles. The van der Waals surface area contributed by atoms with E-state index >= 15 is 0 Å². The van der Waals surface area contributed by atoms with Crippen LogP contribution in [-0.2, 0) is 60.8 Å². The molecule has 0 saturated carbocycles. The second-order valence-electron chi connectivity index (χ2n) is 15.8. The van der Waals surface area contributed by atoms with E-state index < -0.39 is 146 Å². The van der Waals surface area contributed by atoms with Gasteiger partial charge in [-0.1, -0.05) is 81.9 Å². The molecule has 66 heavy (non-hydrogen) atoms. The number of aliphatic hydroxyl groups excluding tert-OH is 1. The predicted octanol–water partition coefficient (Wildman–Crippen LogP) is -1.15. The van der Waals surface area contributed by atoms with Gasteiger partial charge in [0.1, 0.15) is 30.2 Å². The van der Waals surface area contributed by atoms with Gasteiger partial charge >= 0.3 is 17.9 Å². The van der Waals surface area contributed by atoms with Gasteiger partial charge in [0.2, 0.25) is 41.4 Å². The fourth-order valence-electron chi connectivity index (χ4n) is 6.33. The molecule has 7 amide bonds. The van der Waals surface area contributed by atoms with Gasteiger partial charge in [-0.3, -0.25) is 43.2 Å². The molecule has 0 aromatic heterocycles. The van der Waals surface area contributed by atoms with Gasteiger partial charge in [0, 0.05) is 25.7 Å². The summed E-state index contributed by atoms with van der Waals surface area (Å²) in [7, 11) is 0. The summed E-state index contributed by atoms with van der Waals surface area (Å²) in [4.78, 5) is 126. The van der Waals surface area contributed by atoms with E-state index in [4.69, 9.17) is 16.6 Å². The summed E-state index contributed by atoms with van der Waals surface area (Å²) >= 11 is 0. The number of rotatable bonds is 29. The summed E-state index contributed by atoms with van der Waals surface area (Å²) in [6, 6.07) is 7.44. The number of amides is 7. The molecule has 0 spiro atoms. The van der Waals surface area contributed by atoms with Crippen LogP contribution in [0.4, 0.5) is 0 Å². The lowest BCUT2D eigenvalue weighted by Crippen LogP contribution is -2.59. The molecule has 22 nitrogen and oxygen atoms in total. The van der Waals surface area contributed by atoms with E-state index in [0.29, 0.717) is 11.1 Å². The molecule has 0 aliphatic rings. The number of hydrogen-bond acceptors (Lipinski definition) is 12. The molecule has 22 heteroatoms. The topological polar surface area (TPSA) is 376 Å². The minimum Gasteiger partial charge on any atom is -0.481 e. The first-order valence-corrected chi connectivity index (χ1v) is 20.8. The molecule has 0 heterocycles. The lowest BCUT2D eigenvalue weighted by molar-refractivity contribution is -0.143. The Labute approximate surface area is 382 Å². The molecule has 364 valence electrons. The van der Waals surface area contributed by atoms with E-state index in [1.807, 2.05) is 0 Å². The first kappa shape index (κ1) is 57.1. The minimum atomic E-state index is -1.60. The largest absolute Gasteiger partial charge is 0.481 e. The summed E-state index contributed by atoms with van der Waals surface area (Å²) in [5.41, 5.74) is 12.4. The number of aliphatic carboxylic acids is 3. The van der Waals surface area contributed by atoms with Crippen LogP contribution in [0.5, 0.6) is 0 Å². The van der Waals surface area contributed by atoms with Crippen LogP contribution in [-0.4, -0.2) is 128 Å². The highest BCUT2D eigenvalue weighted by Crippen LogP contribution is 2.13. The highest BCUT2D eigenvalue weighted by molar-refractivity contribution is 5.96. The Morgan fingerprint density at radius 1 is 0.561 bits per heavy atom. The number of carbonyl (C=O) groups excluding carboxylic acids is 7. The molecule has 0 fully saturated rings. The van der Waals surface area contributed by atoms with Gasteiger partial charge in [-0.25, -0.2) is 4.79 Å². The van der Waals surface area contributed by atoms with Crippen LogP contribution in [0.2, 0.25) is 0 Å². The third-order valence-corrected chi connectivity index (χ3v) is 10.00. The highest BCUT2D eigenvalue weighted by Gasteiger charge is 2.34. The third-order valence-electron chi connectivity index (χ3n) is 10.00. The maximum atomic E-state index is 13.7. The lowest BCUT2D eigenvalue weighted by Gasteiger charge is -2.29. The van der Waals surface area contributed by atoms with Crippen LogP contribution in [0, 0.1) is 5.92 Å². The van der Waals surface area contributed by atoms with Crippen molar-refractivity contribution in [3.63, 3.8) is 0 Å². The molecule has 2 rings (SSSR count). The molecule has 14 N–H and O–H groups in total. The van der Waals surface area contributed by atoms with Gasteiger partial charge in [0.05, 0.1) is 24.6 Å². The van der Waals surface area contributed by atoms with Crippen molar-refractivity contribution in [2.24, 2.45) is 17.4 Å². The molecule has 2 aromatic carbocycles. The smallest absolute Gasteiger partial charge is 0.326 e. The fourth-order valence-corrected chi connectivity index (χ4v) is 6.33. The van der Waals surface area contributed by atoms with Crippen LogP contribution < -0.4 is 43.4 Å². The van der Waals surface area contributed by atoms with Crippen molar-refractivity contribution < 1.29 is 68.4 Å². The van der Waals surface area contributed by atoms with Gasteiger partial charge in [0.25, 0.3) is 0 Å². The van der Waals surface area contributed by atoms with E-state index in [1.165, 1.54) is 6.92 Å². The molecule has 0 aliphatic carbocycles. The van der Waals surface area contributed by atoms with E-state index in [1.54, 1.807) is 74.5 Å². The Morgan fingerprint density at radius 2 is 1.06 bits per heavy atom. The van der Waals surface area contributed by atoms with E-state index in [2.05, 4.69) is 31.9 Å². The van der Waals surface area contributed by atoms with Gasteiger partial charge in [-0.15, -0.1) is 0 Å². The zero-order chi connectivity index (χ0) is 48.8. The van der Waals surface area contributed by atoms with E-state index in [-0.39, 0.29) is 33.1 Å². The number of nitrogens with one attached hydrogen (secondary N) is 6. The molecular weight excluding hydrogens is 865 g/mol. The first-order chi connectivity index (χ1) is 30.6. The lowest BCUT2D eigenvalue weighted by atomic mass is 9.97. The molecule has 8 atom stereocenters. The van der Waals surface area contributed by atoms with Crippen LogP contribution in [0.3, 0.4) is 0 Å². The summed E-state index contributed by atoms with van der Waals surface area (Å²) in [6.07, 6.45) is -4.54. The molecular formula is C44H64N8O14. The predicted molar refractivity (Wildman–Crippen MR) is 238 cm³/mol. The van der Waals surface area contributed by atoms with Crippen molar-refractivity contribution in [1.29, 1.82) is 0 Å². The fraction of sp³-hybridized carbons (Fsp3) is 0.500. The average Bonchev–Trinajstić information content (AvgIpc) is 3.24. The molecule has 2 aromatic rings. The number of primary amides is 1. The Bertz CT molecular complexity index is 1970. The van der Waals surface area contributed by atoms with Crippen molar-refractivity contribution >= 4 is 59.3 Å². The highest BCUT2D eigenvalue weighted by atomic mass is 16.4. The number of aliphatic hydroxyl groups is 1. The van der Waals surface area contributed by atoms with Crippen molar-refractivity contribution in [1.82, 2.24) is 31.9 Å². The van der Waals surface area contributed by atoms with E-state index in [9.17, 15) is 63.3 Å². The average molecular weight is 929 g/mol. The minimum absolute atomic E-state index is 0. The maximum absolute atomic E-state index is 13.7. The Hall–Kier alpha value is -6.94. The number of benzene rings is 2. The Morgan fingerprint density at radius 3 is 1.58 bits per heavy atom. The van der Waals surface area contributed by atoms with Crippen LogP contribution in [0.25, 0.3) is 0 Å². The van der Waals surface area contributed by atoms with Crippen molar-refractivity contribution in [3.8, 4) is 0 Å². The Balaban J connectivity index is 0.0000218. The number of carboxylic acid groups (broad SMARTS) is 3. The van der Waals surface area contributed by atoms with Crippen LogP contribution in [0.1, 0.15) is 84.3 Å². The molecule has 0 aliphatic heterocycles. The van der Waals surface area contributed by atoms with Crippen molar-refractivity contribution in [3.05, 3.63) is 71.8 Å². The van der Waals surface area contributed by atoms with Crippen molar-refractivity contribution in [2.45, 2.75) is 134 Å². The summed E-state index contributed by atoms with van der Waals surface area (Å²) in [6.45, 7) is 4.44. The zero-order valence-electron chi connectivity index (χ0n) is 36.4. The summed E-state index contributed by atoms with van der Waals surface area (Å²) < 4.78 is 0. The first-order valence-electron chi connectivity index (χ1n) is 20.8. The van der Waals surface area contributed by atoms with Gasteiger partial charge in [-0.2, -0.15) is 0 Å². The maximum Gasteiger partial charge on any atom is 0.326 e. The number of hydrogen-bond donors (Lipinski definition) is 12. The molecule has 0 unspecified atom stereocenters. The zero-order valence-corrected chi connectivity index (χ0v) is 36.4. The second kappa shape index (κ2) is 28.8. The number of nitrogens with two attached hydrogens (primary N) is 2. The SMILES string of the molecule is C.CC(C)[C@H](NC(=O)[C@@H](N)CCC(=O)O)C(=O)N[C@@H](CC(N)=O)C(=O)N[C@@H](Cc1ccccc1)[C@@H](O)CCC(=O)N[C@@H](C)C(=O)N[C@@H](CCC(=O)O)C(=O)N[C@@H](Cc1ccccc1)C(=O)O. The van der Waals surface area contributed by atoms with Crippen LogP contribution in [0.15, 0.2) is 60.7 Å². The summed E-state index contributed by atoms with van der Waals surface area (Å²) in [5.74, 6) is -10.7. The standard InChI is InChI=1S/C43H60N8O14.CH4/c1-23(2)37(51-39(60)27(44)14-18-35(55)56)42(63)49-30(22-33(45)53)41(62)48-29(20-25-10-6-4-7-11-25)32(52)16-17-34(54)46-24(3)38(59)47-28(15-19-36(57)58)40(61)50-31(43(64)65)21-26-12-8-5-9-13-26;/h4-13,23-24,27-32,37,52H,14-22,44H2,1-3H3,(H2,45,53)(H,46,54)(H,47,59)(H,48,62)(H,49,63)(H,50,61)(H,51,60)(H,55,56)(H,57,58)(H,64,65);1H4/t24-,27-,28-,29-,30-,31-,32-,37-;/m0./s1. The number of carbonyl (C=O) groups is 10. The Kier molecular flexibility index (Phi) is 24.9. The van der Waals surface area contributed by atoms with Gasteiger partial charge < -0.3 is 63.8 Å². The number of carboxylic acids is 3. The molecule has 0 radical (unpaired) electrons. The summed E-state index contributed by atoms with van der Waals surface area (Å²) in [5, 5.41) is 53.8. The molecule has 0 bridgehead atoms. The van der Waals surface area contributed by atoms with E-state index in [0.717, 1.165) is 0 Å². The van der Waals surface area contributed by atoms with Crippen molar-refractivity contribution in [2.75, 3.05) is 0 Å². The van der Waals surface area contributed by atoms with Gasteiger partial charge in [-0.05, 0) is 49.7 Å². The monoisotopic (exact) mass is 928 g/mol. The van der Waals surface area contributed by atoms with Crippen LogP contribution >= 0.6 is 0 Å². The second-order valence-corrected chi connectivity index (χ2v) is 15.8. The quantitative estimate of drug-likeness (QED) is 0.0458. The normalized spacial score (nSPS) is 14.5.